The van der Waals surface area contributed by atoms with Gasteiger partial charge in [-0.3, -0.25) is 9.97 Å². The second-order valence-corrected chi connectivity index (χ2v) is 12.6. The Hall–Kier alpha value is -5.78. The summed E-state index contributed by atoms with van der Waals surface area (Å²) in [6.45, 7) is 0. The molecule has 0 saturated heterocycles. The normalized spacial score (nSPS) is 12.4. The predicted octanol–water partition coefficient (Wildman–Crippen LogP) is 11.1. The molecule has 0 amide bonds. The molecular formula is C40H24N4S. The van der Waals surface area contributed by atoms with Crippen LogP contribution in [0.15, 0.2) is 146 Å². The lowest BCUT2D eigenvalue weighted by Gasteiger charge is -2.33. The molecule has 45 heavy (non-hydrogen) atoms. The quantitative estimate of drug-likeness (QED) is 0.205. The molecule has 1 aliphatic rings. The standard InChI is InChI=1S/C40H24N4S/c1-4-15-37-30(10-1)33-17-16-32-31-11-5-14-36-38(31)44(39(32)40(33)45-37)35-13-3-2-12-34(35)43(36)29-21-27(25-8-6-18-41-23-25)20-28(22-29)26-9-7-19-42-24-26/h1-24H. The topological polar surface area (TPSA) is 34.0 Å². The Balaban J connectivity index is 1.31. The van der Waals surface area contributed by atoms with E-state index in [4.69, 9.17) is 0 Å². The fourth-order valence-corrected chi connectivity index (χ4v) is 8.36. The smallest absolute Gasteiger partial charge is 0.0783 e. The van der Waals surface area contributed by atoms with Gasteiger partial charge < -0.3 is 9.47 Å². The van der Waals surface area contributed by atoms with Crippen molar-refractivity contribution >= 4 is 70.4 Å². The first kappa shape index (κ1) is 24.6. The van der Waals surface area contributed by atoms with E-state index in [1.165, 1.54) is 47.7 Å². The number of rotatable bonds is 3. The summed E-state index contributed by atoms with van der Waals surface area (Å²) in [6, 6.07) is 44.0. The van der Waals surface area contributed by atoms with Crippen molar-refractivity contribution in [1.82, 2.24) is 14.5 Å². The molecule has 4 nitrogen and oxygen atoms in total. The van der Waals surface area contributed by atoms with Gasteiger partial charge in [-0.2, -0.15) is 0 Å². The van der Waals surface area contributed by atoms with Crippen molar-refractivity contribution in [3.63, 3.8) is 0 Å². The zero-order valence-corrected chi connectivity index (χ0v) is 24.9. The summed E-state index contributed by atoms with van der Waals surface area (Å²) in [5.41, 5.74) is 11.5. The van der Waals surface area contributed by atoms with Gasteiger partial charge in [0.15, 0.2) is 0 Å². The van der Waals surface area contributed by atoms with Crippen LogP contribution in [0.3, 0.4) is 0 Å². The third kappa shape index (κ3) is 3.53. The molecule has 0 saturated carbocycles. The molecule has 5 heterocycles. The third-order valence-corrected chi connectivity index (χ3v) is 10.2. The number of aromatic nitrogens is 3. The van der Waals surface area contributed by atoms with E-state index in [1.807, 2.05) is 48.3 Å². The van der Waals surface area contributed by atoms with Gasteiger partial charge in [0.25, 0.3) is 0 Å². The van der Waals surface area contributed by atoms with Crippen LogP contribution in [0.2, 0.25) is 0 Å². The average Bonchev–Trinajstić information content (AvgIpc) is 3.66. The van der Waals surface area contributed by atoms with Crippen LogP contribution >= 0.6 is 11.3 Å². The van der Waals surface area contributed by atoms with Gasteiger partial charge in [0.1, 0.15) is 0 Å². The van der Waals surface area contributed by atoms with Gasteiger partial charge in [-0.25, -0.2) is 0 Å². The highest BCUT2D eigenvalue weighted by Crippen LogP contribution is 2.52. The third-order valence-electron chi connectivity index (χ3n) is 9.04. The Kier molecular flexibility index (Phi) is 5.12. The number of para-hydroxylation sites is 3. The van der Waals surface area contributed by atoms with Gasteiger partial charge in [0, 0.05) is 67.8 Å². The van der Waals surface area contributed by atoms with E-state index in [1.54, 1.807) is 0 Å². The fourth-order valence-electron chi connectivity index (χ4n) is 7.12. The highest BCUT2D eigenvalue weighted by molar-refractivity contribution is 7.26. The maximum Gasteiger partial charge on any atom is 0.0783 e. The molecular weight excluding hydrogens is 569 g/mol. The largest absolute Gasteiger partial charge is 0.306 e. The van der Waals surface area contributed by atoms with E-state index >= 15 is 0 Å². The highest BCUT2D eigenvalue weighted by Gasteiger charge is 2.30. The molecule has 0 bridgehead atoms. The van der Waals surface area contributed by atoms with E-state index in [9.17, 15) is 0 Å². The first-order valence-corrected chi connectivity index (χ1v) is 15.9. The molecule has 0 atom stereocenters. The Bertz CT molecular complexity index is 2540. The van der Waals surface area contributed by atoms with Crippen LogP contribution in [0.25, 0.3) is 69.9 Å². The van der Waals surface area contributed by atoms with Crippen molar-refractivity contribution < 1.29 is 0 Å². The van der Waals surface area contributed by atoms with Crippen molar-refractivity contribution in [2.75, 3.05) is 4.90 Å². The fraction of sp³-hybridized carbons (Fsp3) is 0. The minimum absolute atomic E-state index is 1.08. The van der Waals surface area contributed by atoms with E-state index < -0.39 is 0 Å². The molecule has 0 fully saturated rings. The van der Waals surface area contributed by atoms with Crippen molar-refractivity contribution in [2.24, 2.45) is 0 Å². The summed E-state index contributed by atoms with van der Waals surface area (Å²) in [5.74, 6) is 0. The predicted molar refractivity (Wildman–Crippen MR) is 188 cm³/mol. The number of pyridine rings is 2. The Morgan fingerprint density at radius 1 is 0.467 bits per heavy atom. The van der Waals surface area contributed by atoms with Gasteiger partial charge in [-0.1, -0.05) is 66.7 Å². The zero-order chi connectivity index (χ0) is 29.5. The minimum atomic E-state index is 1.08. The van der Waals surface area contributed by atoms with Crippen molar-refractivity contribution in [3.8, 4) is 27.9 Å². The van der Waals surface area contributed by atoms with Crippen molar-refractivity contribution in [1.29, 1.82) is 0 Å². The first-order valence-electron chi connectivity index (χ1n) is 15.1. The number of thiophene rings is 1. The Labute approximate surface area is 263 Å². The summed E-state index contributed by atoms with van der Waals surface area (Å²) in [4.78, 5) is 11.3. The maximum atomic E-state index is 4.44. The van der Waals surface area contributed by atoms with Crippen LogP contribution < -0.4 is 4.90 Å². The Morgan fingerprint density at radius 3 is 1.87 bits per heavy atom. The second-order valence-electron chi connectivity index (χ2n) is 11.5. The molecule has 0 spiro atoms. The van der Waals surface area contributed by atoms with E-state index in [0.29, 0.717) is 0 Å². The monoisotopic (exact) mass is 592 g/mol. The lowest BCUT2D eigenvalue weighted by atomic mass is 9.98. The molecule has 10 rings (SSSR count). The molecule has 4 aromatic heterocycles. The van der Waals surface area contributed by atoms with Gasteiger partial charge >= 0.3 is 0 Å². The molecule has 0 aliphatic carbocycles. The van der Waals surface area contributed by atoms with Crippen LogP contribution in [0, 0.1) is 0 Å². The number of nitrogens with zero attached hydrogens (tertiary/aromatic N) is 4. The van der Waals surface area contributed by atoms with Gasteiger partial charge in [-0.15, -0.1) is 11.3 Å². The summed E-state index contributed by atoms with van der Waals surface area (Å²) in [7, 11) is 0. The molecule has 0 unspecified atom stereocenters. The van der Waals surface area contributed by atoms with Crippen LogP contribution in [-0.2, 0) is 0 Å². The highest BCUT2D eigenvalue weighted by atomic mass is 32.1. The SMILES string of the molecule is c1cncc(-c2cc(-c3cccnc3)cc(N3c4ccccc4-n4c5c3cccc5c3ccc5c6ccccc6sc5c34)c2)c1. The molecule has 210 valence electrons. The van der Waals surface area contributed by atoms with Gasteiger partial charge in [0.2, 0.25) is 0 Å². The average molecular weight is 593 g/mol. The van der Waals surface area contributed by atoms with Crippen LogP contribution in [0.4, 0.5) is 17.1 Å². The van der Waals surface area contributed by atoms with Gasteiger partial charge in [0.05, 0.1) is 32.8 Å². The summed E-state index contributed by atoms with van der Waals surface area (Å²) < 4.78 is 5.16. The summed E-state index contributed by atoms with van der Waals surface area (Å²) in [6.07, 6.45) is 7.52. The lowest BCUT2D eigenvalue weighted by molar-refractivity contribution is 1.12. The summed E-state index contributed by atoms with van der Waals surface area (Å²) in [5, 5.41) is 5.17. The van der Waals surface area contributed by atoms with Gasteiger partial charge in [-0.05, 0) is 65.7 Å². The number of anilines is 3. The number of benzene rings is 5. The van der Waals surface area contributed by atoms with Crippen LogP contribution in [0.1, 0.15) is 0 Å². The Morgan fingerprint density at radius 2 is 1.11 bits per heavy atom. The van der Waals surface area contributed by atoms with Crippen molar-refractivity contribution in [2.45, 2.75) is 0 Å². The minimum Gasteiger partial charge on any atom is -0.306 e. The molecule has 0 N–H and O–H groups in total. The van der Waals surface area contributed by atoms with Crippen LogP contribution in [0.5, 0.6) is 0 Å². The zero-order valence-electron chi connectivity index (χ0n) is 24.1. The first-order chi connectivity index (χ1) is 22.3. The second kappa shape index (κ2) is 9.36. The lowest BCUT2D eigenvalue weighted by Crippen LogP contribution is -2.18. The summed E-state index contributed by atoms with van der Waals surface area (Å²) >= 11 is 1.89. The van der Waals surface area contributed by atoms with E-state index in [0.717, 1.165) is 39.3 Å². The molecule has 5 aromatic carbocycles. The molecule has 5 heteroatoms. The molecule has 9 aromatic rings. The molecule has 1 aliphatic heterocycles. The number of hydrogen-bond acceptors (Lipinski definition) is 4. The maximum absolute atomic E-state index is 4.44. The van der Waals surface area contributed by atoms with Crippen LogP contribution in [-0.4, -0.2) is 14.5 Å². The molecule has 0 radical (unpaired) electrons. The van der Waals surface area contributed by atoms with Crippen molar-refractivity contribution in [3.05, 3.63) is 146 Å². The van der Waals surface area contributed by atoms with E-state index in [-0.39, 0.29) is 0 Å². The number of hydrogen-bond donors (Lipinski definition) is 0. The number of fused-ring (bicyclic) bond motifs is 9. The van der Waals surface area contributed by atoms with E-state index in [2.05, 4.69) is 129 Å².